The van der Waals surface area contributed by atoms with Crippen LogP contribution in [-0.2, 0) is 0 Å². The van der Waals surface area contributed by atoms with Crippen LogP contribution in [-0.4, -0.2) is 19.9 Å². The summed E-state index contributed by atoms with van der Waals surface area (Å²) >= 11 is 17.0. The van der Waals surface area contributed by atoms with E-state index in [-0.39, 0.29) is 45.1 Å². The van der Waals surface area contributed by atoms with Crippen LogP contribution in [0.4, 0.5) is 35.1 Å². The van der Waals surface area contributed by atoms with Crippen molar-refractivity contribution >= 4 is 90.4 Å². The fraction of sp³-hybridized carbons (Fsp3) is 0.0204. The van der Waals surface area contributed by atoms with Crippen LogP contribution < -0.4 is 18.9 Å². The van der Waals surface area contributed by atoms with Gasteiger partial charge in [0.05, 0.1) is 45.6 Å². The fourth-order valence-electron chi connectivity index (χ4n) is 12.5. The normalized spacial score (nSPS) is 10.8. The van der Waals surface area contributed by atoms with Crippen LogP contribution in [0, 0.1) is 60.4 Å². The van der Waals surface area contributed by atoms with E-state index in [2.05, 4.69) is 156 Å². The van der Waals surface area contributed by atoms with Crippen LogP contribution in [0.3, 0.4) is 0 Å². The molecule has 0 amide bonds. The molecule has 4 heterocycles. The zero-order valence-electron chi connectivity index (χ0n) is 62.6. The fourth-order valence-corrected chi connectivity index (χ4v) is 14.3. The van der Waals surface area contributed by atoms with Gasteiger partial charge in [0.15, 0.2) is 23.1 Å². The number of aromatic nitrogens is 4. The smallest absolute Gasteiger partial charge is 0.168 e. The first-order valence-corrected chi connectivity index (χ1v) is 40.5. The summed E-state index contributed by atoms with van der Waals surface area (Å²) in [6.45, 7) is 4.09. The molecule has 0 aliphatic carbocycles. The Bertz CT molecular complexity index is 6570. The lowest BCUT2D eigenvalue weighted by Gasteiger charge is -2.14. The molecule has 0 unspecified atom stereocenters. The Labute approximate surface area is 722 Å². The molecule has 0 spiro atoms. The molecule has 0 aliphatic heterocycles. The van der Waals surface area contributed by atoms with E-state index in [1.165, 1.54) is 47.9 Å². The second-order valence-corrected chi connectivity index (χ2v) is 31.2. The summed E-state index contributed by atoms with van der Waals surface area (Å²) in [5.74, 6) is -2.49. The Hall–Kier alpha value is -12.2. The molecule has 0 aliphatic rings. The monoisotopic (exact) mass is 1900 g/mol. The van der Waals surface area contributed by atoms with Crippen molar-refractivity contribution in [2.75, 3.05) is 0 Å². The molecular formula is C98H61Br5F8N4O4. The lowest BCUT2D eigenvalue weighted by Crippen LogP contribution is -1.96. The molecule has 8 nitrogen and oxygen atoms in total. The molecule has 21 heteroatoms. The molecule has 13 aromatic carbocycles. The zero-order chi connectivity index (χ0) is 83.2. The summed E-state index contributed by atoms with van der Waals surface area (Å²) in [6, 6.07) is 95.5. The molecule has 4 aromatic heterocycles. The van der Waals surface area contributed by atoms with E-state index in [1.54, 1.807) is 66.7 Å². The summed E-state index contributed by atoms with van der Waals surface area (Å²) < 4.78 is 140. The third kappa shape index (κ3) is 21.4. The van der Waals surface area contributed by atoms with Crippen molar-refractivity contribution in [2.24, 2.45) is 0 Å². The van der Waals surface area contributed by atoms with Crippen molar-refractivity contribution in [1.29, 1.82) is 0 Å². The van der Waals surface area contributed by atoms with Gasteiger partial charge < -0.3 is 18.9 Å². The number of halogens is 13. The van der Waals surface area contributed by atoms with Crippen LogP contribution in [0.5, 0.6) is 46.0 Å². The average Bonchev–Trinajstić information content (AvgIpc) is 0.759. The standard InChI is InChI=1S/C28H20BrNO.C24H16BrF2NO.C23H13Br2F2NO.C23H12BrF4NO/c1-19-14-15-24(31-23-12-7-11-22(29)17-23)18-26(19)28-25-13-6-5-10-21(25)16-27(30-28)20-8-3-2-4-9-20;1-15-8-10-19(29-18-5-2-4-16(25)12-18)14-21(15)24-7-3-6-23(28-24)20-11-9-17(26)13-22(20)27;24-15-9-7-14(8-10-15)21-5-2-6-22(28-21)18-12-23(20(27)13-19(18)26)29-17-4-1-3-16(25)11-17;24-13-3-1-4-15(9-13)30-23-11-17(19(27)12-20(23)28)22-6-2-5-21(29-22)16-8-7-14(25)10-18(16)26/h2-18H,1H3;2-14H,1H3;1-13H;1-12H. The highest BCUT2D eigenvalue weighted by Gasteiger charge is 2.21. The average molecular weight is 1910 g/mol. The predicted octanol–water partition coefficient (Wildman–Crippen LogP) is 31.5. The number of hydrogen-bond acceptors (Lipinski definition) is 8. The lowest BCUT2D eigenvalue weighted by atomic mass is 9.98. The van der Waals surface area contributed by atoms with Gasteiger partial charge in [0.1, 0.15) is 69.4 Å². The molecule has 119 heavy (non-hydrogen) atoms. The van der Waals surface area contributed by atoms with E-state index in [9.17, 15) is 35.1 Å². The molecular weight excluding hydrogens is 1850 g/mol. The second-order valence-electron chi connectivity index (χ2n) is 26.6. The van der Waals surface area contributed by atoms with E-state index in [0.717, 1.165) is 108 Å². The number of rotatable bonds is 16. The topological polar surface area (TPSA) is 88.5 Å². The number of benzene rings is 13. The van der Waals surface area contributed by atoms with E-state index in [4.69, 9.17) is 23.9 Å². The van der Waals surface area contributed by atoms with Crippen molar-refractivity contribution in [3.63, 3.8) is 0 Å². The van der Waals surface area contributed by atoms with Gasteiger partial charge >= 0.3 is 0 Å². The van der Waals surface area contributed by atoms with Gasteiger partial charge in [-0.2, -0.15) is 0 Å². The first-order valence-electron chi connectivity index (χ1n) is 36.5. The third-order valence-electron chi connectivity index (χ3n) is 18.3. The zero-order valence-corrected chi connectivity index (χ0v) is 70.5. The Morgan fingerprint density at radius 2 is 0.597 bits per heavy atom. The molecule has 0 N–H and O–H groups in total. The first-order chi connectivity index (χ1) is 57.6. The molecule has 588 valence electrons. The van der Waals surface area contributed by atoms with Crippen LogP contribution in [0.25, 0.3) is 101 Å². The van der Waals surface area contributed by atoms with Gasteiger partial charge in [0, 0.05) is 96.5 Å². The number of aryl methyl sites for hydroxylation is 2. The second kappa shape index (κ2) is 38.4. The van der Waals surface area contributed by atoms with Gasteiger partial charge in [0.2, 0.25) is 0 Å². The van der Waals surface area contributed by atoms with Crippen molar-refractivity contribution < 1.29 is 54.1 Å². The van der Waals surface area contributed by atoms with Crippen LogP contribution in [0.2, 0.25) is 0 Å². The molecule has 0 bridgehead atoms. The van der Waals surface area contributed by atoms with E-state index in [1.807, 2.05) is 146 Å². The molecule has 17 rings (SSSR count). The SMILES string of the molecule is Cc1ccc(Oc2cccc(Br)c2)cc1-c1cccc(-c2ccc(F)cc2F)n1.Cc1ccc(Oc2cccc(Br)c2)cc1-c1nc(-c2ccccc2)cc2ccccc12.Fc1cc(F)c(-c2cccc(-c3ccc(Br)cc3)n2)cc1Oc1cccc(Br)c1.Fc1ccc(-c2cccc(-c3cc(Oc4cccc(Br)c4)c(F)cc3F)n2)c(F)c1. The molecule has 0 saturated heterocycles. The van der Waals surface area contributed by atoms with Crippen molar-refractivity contribution in [3.8, 4) is 136 Å². The third-order valence-corrected chi connectivity index (χ3v) is 20.8. The maximum absolute atomic E-state index is 14.6. The minimum Gasteiger partial charge on any atom is -0.457 e. The minimum atomic E-state index is -0.878. The molecule has 17 aromatic rings. The Morgan fingerprint density at radius 1 is 0.227 bits per heavy atom. The Balaban J connectivity index is 0.000000130. The lowest BCUT2D eigenvalue weighted by molar-refractivity contribution is 0.438. The van der Waals surface area contributed by atoms with E-state index >= 15 is 0 Å². The van der Waals surface area contributed by atoms with Crippen molar-refractivity contribution in [3.05, 3.63) is 414 Å². The highest BCUT2D eigenvalue weighted by atomic mass is 79.9. The highest BCUT2D eigenvalue weighted by molar-refractivity contribution is 9.11. The summed E-state index contributed by atoms with van der Waals surface area (Å²) in [4.78, 5) is 18.5. The van der Waals surface area contributed by atoms with Gasteiger partial charge in [-0.15, -0.1) is 0 Å². The Kier molecular flexibility index (Phi) is 26.9. The molecule has 0 atom stereocenters. The van der Waals surface area contributed by atoms with Crippen molar-refractivity contribution in [1.82, 2.24) is 19.9 Å². The van der Waals surface area contributed by atoms with Crippen LogP contribution >= 0.6 is 79.6 Å². The number of ether oxygens (including phenoxy) is 4. The summed E-state index contributed by atoms with van der Waals surface area (Å²) in [5, 5.41) is 2.30. The Morgan fingerprint density at radius 3 is 1.06 bits per heavy atom. The quantitative estimate of drug-likeness (QED) is 0.0884. The summed E-state index contributed by atoms with van der Waals surface area (Å²) in [5.41, 5.74) is 11.0. The predicted molar refractivity (Wildman–Crippen MR) is 472 cm³/mol. The molecule has 0 fully saturated rings. The highest BCUT2D eigenvalue weighted by Crippen LogP contribution is 2.41. The van der Waals surface area contributed by atoms with Gasteiger partial charge in [-0.1, -0.05) is 201 Å². The maximum Gasteiger partial charge on any atom is 0.168 e. The molecule has 0 saturated carbocycles. The number of nitrogens with zero attached hydrogens (tertiary/aromatic N) is 4. The summed E-state index contributed by atoms with van der Waals surface area (Å²) in [7, 11) is 0. The van der Waals surface area contributed by atoms with Crippen LogP contribution in [0.15, 0.2) is 356 Å². The number of fused-ring (bicyclic) bond motifs is 1. The van der Waals surface area contributed by atoms with Gasteiger partial charge in [-0.05, 0) is 218 Å². The number of hydrogen-bond donors (Lipinski definition) is 0. The van der Waals surface area contributed by atoms with Crippen molar-refractivity contribution in [2.45, 2.75) is 13.8 Å². The van der Waals surface area contributed by atoms with Crippen LogP contribution in [0.1, 0.15) is 11.1 Å². The van der Waals surface area contributed by atoms with Gasteiger partial charge in [0.25, 0.3) is 0 Å². The first kappa shape index (κ1) is 83.3. The summed E-state index contributed by atoms with van der Waals surface area (Å²) in [6.07, 6.45) is 0. The van der Waals surface area contributed by atoms with E-state index < -0.39 is 46.5 Å². The van der Waals surface area contributed by atoms with Gasteiger partial charge in [-0.3, -0.25) is 0 Å². The molecule has 0 radical (unpaired) electrons. The largest absolute Gasteiger partial charge is 0.457 e. The van der Waals surface area contributed by atoms with E-state index in [0.29, 0.717) is 51.8 Å². The van der Waals surface area contributed by atoms with Gasteiger partial charge in [-0.25, -0.2) is 55.1 Å². The maximum atomic E-state index is 14.6. The minimum absolute atomic E-state index is 0.0224. The number of pyridine rings is 4.